The minimum absolute atomic E-state index is 0. The predicted octanol–water partition coefficient (Wildman–Crippen LogP) is -4.19. The van der Waals surface area contributed by atoms with Gasteiger partial charge < -0.3 is 39.6 Å². The second-order valence-electron chi connectivity index (χ2n) is 6.29. The fourth-order valence-corrected chi connectivity index (χ4v) is 2.52. The first kappa shape index (κ1) is 22.5. The third-order valence-electron chi connectivity index (χ3n) is 4.05. The Labute approximate surface area is 152 Å². The number of halogens is 2. The van der Waals surface area contributed by atoms with E-state index in [9.17, 15) is 5.11 Å². The van der Waals surface area contributed by atoms with Crippen LogP contribution in [0.4, 0.5) is 0 Å². The first-order valence-electron chi connectivity index (χ1n) is 7.86. The molecule has 0 radical (unpaired) electrons. The summed E-state index contributed by atoms with van der Waals surface area (Å²) in [5.41, 5.74) is 1.31. The lowest BCUT2D eigenvalue weighted by Gasteiger charge is -2.33. The molecule has 1 aromatic rings. The molecule has 134 valence electrons. The highest BCUT2D eigenvalue weighted by atomic mass is 35.5. The lowest BCUT2D eigenvalue weighted by atomic mass is 10.0. The summed E-state index contributed by atoms with van der Waals surface area (Å²) in [6.07, 6.45) is -0.432. The molecule has 0 aromatic heterocycles. The van der Waals surface area contributed by atoms with Crippen molar-refractivity contribution in [2.24, 2.45) is 0 Å². The zero-order chi connectivity index (χ0) is 15.2. The number of β-amino-alcohol motifs (C(OH)–C–C–N with tert-alkyl or cyclic N) is 1. The molecule has 1 aliphatic rings. The number of ether oxygens (including phenoxy) is 1. The highest BCUT2D eigenvalue weighted by molar-refractivity contribution is 5.28. The van der Waals surface area contributed by atoms with Crippen LogP contribution in [0.1, 0.15) is 25.3 Å². The van der Waals surface area contributed by atoms with Crippen molar-refractivity contribution in [1.82, 2.24) is 9.80 Å². The van der Waals surface area contributed by atoms with Gasteiger partial charge in [-0.2, -0.15) is 0 Å². The molecule has 0 bridgehead atoms. The molecule has 6 heteroatoms. The van der Waals surface area contributed by atoms with Crippen molar-refractivity contribution in [1.29, 1.82) is 0 Å². The van der Waals surface area contributed by atoms with E-state index in [4.69, 9.17) is 4.74 Å². The lowest BCUT2D eigenvalue weighted by molar-refractivity contribution is -0.001000. The molecular formula is C17H28Cl2N2O2-2. The zero-order valence-electron chi connectivity index (χ0n) is 14.2. The standard InChI is InChI=1S/C17H28N2O2.2ClH/c1-14(2)15-4-6-17(7-5-15)21-13-16(20)12-19-10-8-18(3)9-11-19;;/h4-7,14,16,20H,8-13H2,1-3H3;2*1H/p-2. The summed E-state index contributed by atoms with van der Waals surface area (Å²) in [6, 6.07) is 8.15. The summed E-state index contributed by atoms with van der Waals surface area (Å²) >= 11 is 0. The first-order chi connectivity index (χ1) is 10.0. The van der Waals surface area contributed by atoms with Crippen molar-refractivity contribution >= 4 is 0 Å². The number of aliphatic hydroxyl groups excluding tert-OH is 1. The average Bonchev–Trinajstić information content (AvgIpc) is 2.48. The van der Waals surface area contributed by atoms with E-state index in [-0.39, 0.29) is 24.8 Å². The number of aliphatic hydroxyl groups is 1. The van der Waals surface area contributed by atoms with Gasteiger partial charge >= 0.3 is 0 Å². The Morgan fingerprint density at radius 1 is 1.04 bits per heavy atom. The molecule has 0 amide bonds. The highest BCUT2D eigenvalue weighted by Crippen LogP contribution is 2.18. The molecule has 0 spiro atoms. The van der Waals surface area contributed by atoms with E-state index in [1.54, 1.807) is 0 Å². The lowest BCUT2D eigenvalue weighted by Crippen LogP contribution is -3.00. The Hall–Kier alpha value is -0.520. The second kappa shape index (κ2) is 11.1. The van der Waals surface area contributed by atoms with Crippen LogP contribution in [0, 0.1) is 0 Å². The summed E-state index contributed by atoms with van der Waals surface area (Å²) in [5, 5.41) is 10.1. The Morgan fingerprint density at radius 2 is 1.61 bits per heavy atom. The predicted molar refractivity (Wildman–Crippen MR) is 86.0 cm³/mol. The molecule has 0 aliphatic carbocycles. The van der Waals surface area contributed by atoms with Gasteiger partial charge in [-0.3, -0.25) is 4.90 Å². The van der Waals surface area contributed by atoms with E-state index >= 15 is 0 Å². The molecule has 1 unspecified atom stereocenters. The molecule has 2 rings (SSSR count). The largest absolute Gasteiger partial charge is 1.00 e. The highest BCUT2D eigenvalue weighted by Gasteiger charge is 2.17. The second-order valence-corrected chi connectivity index (χ2v) is 6.29. The molecule has 1 aromatic carbocycles. The Balaban J connectivity index is 0.00000242. The van der Waals surface area contributed by atoms with Crippen LogP contribution in [0.5, 0.6) is 5.75 Å². The van der Waals surface area contributed by atoms with Crippen molar-refractivity contribution < 1.29 is 34.7 Å². The molecule has 1 atom stereocenters. The van der Waals surface area contributed by atoms with Crippen LogP contribution in [0.15, 0.2) is 24.3 Å². The van der Waals surface area contributed by atoms with E-state index in [1.807, 2.05) is 12.1 Å². The Kier molecular flexibility index (Phi) is 10.9. The van der Waals surface area contributed by atoms with Gasteiger partial charge in [-0.25, -0.2) is 0 Å². The quantitative estimate of drug-likeness (QED) is 0.556. The maximum Gasteiger partial charge on any atom is 0.119 e. The van der Waals surface area contributed by atoms with E-state index in [0.717, 1.165) is 31.9 Å². The molecule has 1 aliphatic heterocycles. The number of rotatable bonds is 6. The summed E-state index contributed by atoms with van der Waals surface area (Å²) in [5.74, 6) is 1.36. The zero-order valence-corrected chi connectivity index (χ0v) is 15.7. The Bertz CT molecular complexity index is 421. The fourth-order valence-electron chi connectivity index (χ4n) is 2.52. The normalized spacial score (nSPS) is 17.3. The molecular weight excluding hydrogens is 335 g/mol. The summed E-state index contributed by atoms with van der Waals surface area (Å²) in [6.45, 7) is 9.60. The van der Waals surface area contributed by atoms with E-state index in [0.29, 0.717) is 19.1 Å². The van der Waals surface area contributed by atoms with Gasteiger partial charge in [0, 0.05) is 32.7 Å². The summed E-state index contributed by atoms with van der Waals surface area (Å²) in [4.78, 5) is 4.62. The molecule has 1 saturated heterocycles. The number of nitrogens with zero attached hydrogens (tertiary/aromatic N) is 2. The third-order valence-corrected chi connectivity index (χ3v) is 4.05. The van der Waals surface area contributed by atoms with Crippen LogP contribution in [0.2, 0.25) is 0 Å². The maximum absolute atomic E-state index is 10.1. The van der Waals surface area contributed by atoms with Gasteiger partial charge in [-0.1, -0.05) is 26.0 Å². The van der Waals surface area contributed by atoms with E-state index in [2.05, 4.69) is 42.8 Å². The van der Waals surface area contributed by atoms with Crippen molar-refractivity contribution in [3.05, 3.63) is 29.8 Å². The van der Waals surface area contributed by atoms with Crippen LogP contribution in [-0.4, -0.2) is 67.4 Å². The Morgan fingerprint density at radius 3 is 2.13 bits per heavy atom. The summed E-state index contributed by atoms with van der Waals surface area (Å²) < 4.78 is 5.68. The third kappa shape index (κ3) is 7.73. The van der Waals surface area contributed by atoms with Crippen molar-refractivity contribution in [3.8, 4) is 5.75 Å². The molecule has 0 saturated carbocycles. The smallest absolute Gasteiger partial charge is 0.119 e. The minimum Gasteiger partial charge on any atom is -1.00 e. The molecule has 4 nitrogen and oxygen atoms in total. The molecule has 1 heterocycles. The molecule has 1 N–H and O–H groups in total. The van der Waals surface area contributed by atoms with Gasteiger partial charge in [0.05, 0.1) is 0 Å². The van der Waals surface area contributed by atoms with Crippen LogP contribution in [0.3, 0.4) is 0 Å². The van der Waals surface area contributed by atoms with Gasteiger partial charge in [-0.15, -0.1) is 0 Å². The number of piperazine rings is 1. The number of hydrogen-bond acceptors (Lipinski definition) is 4. The van der Waals surface area contributed by atoms with Gasteiger partial charge in [0.15, 0.2) is 0 Å². The summed E-state index contributed by atoms with van der Waals surface area (Å²) in [7, 11) is 2.14. The van der Waals surface area contributed by atoms with Gasteiger partial charge in [0.25, 0.3) is 0 Å². The average molecular weight is 363 g/mol. The van der Waals surface area contributed by atoms with E-state index in [1.165, 1.54) is 5.56 Å². The van der Waals surface area contributed by atoms with Gasteiger partial charge in [0.2, 0.25) is 0 Å². The molecule has 1 fully saturated rings. The van der Waals surface area contributed by atoms with Gasteiger partial charge in [-0.05, 0) is 30.7 Å². The topological polar surface area (TPSA) is 35.9 Å². The SMILES string of the molecule is CC(C)c1ccc(OCC(O)CN2CCN(C)CC2)cc1.[Cl-].[Cl-]. The molecule has 23 heavy (non-hydrogen) atoms. The first-order valence-corrected chi connectivity index (χ1v) is 7.86. The van der Waals surface area contributed by atoms with Crippen molar-refractivity contribution in [2.75, 3.05) is 46.4 Å². The number of likely N-dealkylation sites (N-methyl/N-ethyl adjacent to an activating group) is 1. The number of hydrogen-bond donors (Lipinski definition) is 1. The van der Waals surface area contributed by atoms with Gasteiger partial charge in [0.1, 0.15) is 18.5 Å². The maximum atomic E-state index is 10.1. The van der Waals surface area contributed by atoms with Crippen LogP contribution in [0.25, 0.3) is 0 Å². The fraction of sp³-hybridized carbons (Fsp3) is 0.647. The van der Waals surface area contributed by atoms with Crippen LogP contribution in [-0.2, 0) is 0 Å². The van der Waals surface area contributed by atoms with Crippen LogP contribution < -0.4 is 29.6 Å². The van der Waals surface area contributed by atoms with E-state index < -0.39 is 6.10 Å². The van der Waals surface area contributed by atoms with Crippen molar-refractivity contribution in [3.63, 3.8) is 0 Å². The van der Waals surface area contributed by atoms with Crippen molar-refractivity contribution in [2.45, 2.75) is 25.9 Å². The monoisotopic (exact) mass is 362 g/mol. The van der Waals surface area contributed by atoms with Crippen LogP contribution >= 0.6 is 0 Å². The minimum atomic E-state index is -0.432. The number of benzene rings is 1.